The number of halogens is 17. The fourth-order valence-electron chi connectivity index (χ4n) is 1.25. The molecule has 0 spiro atoms. The van der Waals surface area contributed by atoms with E-state index in [0.717, 1.165) is 0 Å². The van der Waals surface area contributed by atoms with Gasteiger partial charge in [-0.15, -0.1) is 0 Å². The lowest BCUT2D eigenvalue weighted by Gasteiger charge is -2.58. The number of alkyl halides is 15. The molecule has 151 valence electrons. The molecule has 17 heteroatoms. The van der Waals surface area contributed by atoms with Crippen LogP contribution in [0.5, 0.6) is 0 Å². The van der Waals surface area contributed by atoms with E-state index < -0.39 is 21.5 Å². The fourth-order valence-corrected chi connectivity index (χ4v) is 19.6. The van der Waals surface area contributed by atoms with Crippen LogP contribution < -0.4 is 0 Å². The summed E-state index contributed by atoms with van der Waals surface area (Å²) in [4.78, 5) is 0. The molecule has 0 rings (SSSR count). The molecule has 0 aromatic carbocycles. The Bertz CT molecular complexity index is 464. The standard InChI is InChI=1S/C8Br17/c9-1(10)2(11,12)4(14,15)6(18,19)5(16,17)3(13,7(20,21)22)8(23,24)25. The van der Waals surface area contributed by atoms with Gasteiger partial charge in [0, 0.05) is 0 Å². The molecule has 0 saturated heterocycles. The van der Waals surface area contributed by atoms with E-state index in [-0.39, 0.29) is 0 Å². The summed E-state index contributed by atoms with van der Waals surface area (Å²) in [6.07, 6.45) is 0. The molecular weight excluding hydrogens is 1450 g/mol. The summed E-state index contributed by atoms with van der Waals surface area (Å²) in [6, 6.07) is 0. The van der Waals surface area contributed by atoms with E-state index in [2.05, 4.69) is 271 Å². The maximum Gasteiger partial charge on any atom is 0.155 e. The topological polar surface area (TPSA) is 0 Å². The third-order valence-electron chi connectivity index (χ3n) is 2.63. The van der Waals surface area contributed by atoms with Gasteiger partial charge in [0.1, 0.15) is 21.0 Å². The van der Waals surface area contributed by atoms with Crippen molar-refractivity contribution in [3.05, 3.63) is 3.74 Å². The minimum Gasteiger partial charge on any atom is -0.0758 e. The monoisotopic (exact) mass is 1440 g/mol. The lowest BCUT2D eigenvalue weighted by atomic mass is 10.0. The smallest absolute Gasteiger partial charge is 0.0758 e. The molecule has 25 heavy (non-hydrogen) atoms. The van der Waals surface area contributed by atoms with Gasteiger partial charge < -0.3 is 0 Å². The first-order chi connectivity index (χ1) is 10.4. The van der Waals surface area contributed by atoms with Crippen molar-refractivity contribution in [3.8, 4) is 0 Å². The molecule has 0 aliphatic heterocycles. The summed E-state index contributed by atoms with van der Waals surface area (Å²) in [5.74, 6) is 0. The highest BCUT2D eigenvalue weighted by atomic mass is 80.0. The van der Waals surface area contributed by atoms with Crippen molar-refractivity contribution in [2.45, 2.75) is 21.5 Å². The first-order valence-electron chi connectivity index (χ1n) is 4.96. The molecule has 0 fully saturated rings. The Labute approximate surface area is 289 Å². The summed E-state index contributed by atoms with van der Waals surface area (Å²) in [5, 5.41) is 0. The zero-order valence-electron chi connectivity index (χ0n) is 10.4. The maximum absolute atomic E-state index is 3.84. The van der Waals surface area contributed by atoms with Crippen molar-refractivity contribution in [2.24, 2.45) is 0 Å². The van der Waals surface area contributed by atoms with Crippen LogP contribution in [0.4, 0.5) is 0 Å². The fraction of sp³-hybridized carbons (Fsp3) is 0.875. The third kappa shape index (κ3) is 6.30. The van der Waals surface area contributed by atoms with E-state index in [1.807, 2.05) is 0 Å². The summed E-state index contributed by atoms with van der Waals surface area (Å²) < 4.78 is -5.51. The zero-order valence-corrected chi connectivity index (χ0v) is 37.4. The normalized spacial score (nSPS) is 16.6. The minimum atomic E-state index is -0.970. The SMILES string of the molecule is Br[C](Br)C(Br)(Br)C(Br)(Br)C(Br)(Br)C(Br)(Br)C(Br)(C(Br)(Br)Br)C(Br)(Br)Br. The average Bonchev–Trinajstić information content (AvgIpc) is 2.33. The molecule has 0 aromatic rings. The van der Waals surface area contributed by atoms with Crippen LogP contribution in [0.3, 0.4) is 0 Å². The van der Waals surface area contributed by atoms with Crippen LogP contribution in [0.1, 0.15) is 0 Å². The Morgan fingerprint density at radius 1 is 0.400 bits per heavy atom. The second-order valence-corrected chi connectivity index (χ2v) is 35.3. The summed E-state index contributed by atoms with van der Waals surface area (Å²) in [6.45, 7) is 0. The minimum absolute atomic E-state index is 0.700. The Morgan fingerprint density at radius 2 is 0.680 bits per heavy atom. The van der Waals surface area contributed by atoms with Gasteiger partial charge in [-0.2, -0.15) is 0 Å². The van der Waals surface area contributed by atoms with Gasteiger partial charge in [-0.05, 0) is 0 Å². The Kier molecular flexibility index (Phi) is 14.7. The molecule has 1 radical (unpaired) electrons. The van der Waals surface area contributed by atoms with Crippen molar-refractivity contribution in [1.29, 1.82) is 0 Å². The molecule has 0 unspecified atom stereocenters. The second kappa shape index (κ2) is 11.0. The van der Waals surface area contributed by atoms with Crippen LogP contribution in [-0.2, 0) is 0 Å². The predicted octanol–water partition coefficient (Wildman–Crippen LogP) is 13.0. The van der Waals surface area contributed by atoms with E-state index in [0.29, 0.717) is 3.74 Å². The summed E-state index contributed by atoms with van der Waals surface area (Å²) in [5.41, 5.74) is 0. The molecule has 0 N–H and O–H groups in total. The lowest BCUT2D eigenvalue weighted by Crippen LogP contribution is -2.69. The van der Waals surface area contributed by atoms with Crippen molar-refractivity contribution < 1.29 is 0 Å². The van der Waals surface area contributed by atoms with E-state index in [1.54, 1.807) is 0 Å². The molecule has 0 heterocycles. The maximum atomic E-state index is 3.84. The van der Waals surface area contributed by atoms with Crippen LogP contribution in [0.15, 0.2) is 0 Å². The van der Waals surface area contributed by atoms with Gasteiger partial charge >= 0.3 is 0 Å². The Balaban J connectivity index is 6.75. The first-order valence-corrected chi connectivity index (χ1v) is 18.4. The van der Waals surface area contributed by atoms with Gasteiger partial charge in [0.15, 0.2) is 4.29 Å². The quantitative estimate of drug-likeness (QED) is 0.241. The third-order valence-corrected chi connectivity index (χ3v) is 31.1. The molecule has 0 aromatic heterocycles. The molecule has 0 aliphatic carbocycles. The van der Waals surface area contributed by atoms with Crippen molar-refractivity contribution in [3.63, 3.8) is 0 Å². The Morgan fingerprint density at radius 3 is 0.880 bits per heavy atom. The average molecular weight is 1450 g/mol. The lowest BCUT2D eigenvalue weighted by molar-refractivity contribution is 0.563. The van der Waals surface area contributed by atoms with Crippen LogP contribution in [-0.4, -0.2) is 21.5 Å². The summed E-state index contributed by atoms with van der Waals surface area (Å²) >= 11 is 62.7. The van der Waals surface area contributed by atoms with Gasteiger partial charge in [-0.1, -0.05) is 271 Å². The second-order valence-electron chi connectivity index (χ2n) is 4.21. The van der Waals surface area contributed by atoms with E-state index in [9.17, 15) is 0 Å². The number of hydrogen-bond donors (Lipinski definition) is 0. The molecule has 0 aliphatic rings. The molecule has 0 amide bonds. The van der Waals surface area contributed by atoms with Gasteiger partial charge in [0.05, 0.1) is 0 Å². The zero-order chi connectivity index (χ0) is 21.1. The predicted molar refractivity (Wildman–Crippen MR) is 174 cm³/mol. The van der Waals surface area contributed by atoms with Gasteiger partial charge in [-0.25, -0.2) is 0 Å². The molecular formula is C8Br17. The van der Waals surface area contributed by atoms with Gasteiger partial charge in [0.2, 0.25) is 0 Å². The molecule has 0 saturated carbocycles. The van der Waals surface area contributed by atoms with Gasteiger partial charge in [0.25, 0.3) is 0 Å². The van der Waals surface area contributed by atoms with Crippen LogP contribution in [0, 0.1) is 3.74 Å². The molecule has 0 nitrogen and oxygen atoms in total. The van der Waals surface area contributed by atoms with E-state index in [4.69, 9.17) is 0 Å². The van der Waals surface area contributed by atoms with Crippen LogP contribution in [0.25, 0.3) is 0 Å². The highest BCUT2D eigenvalue weighted by Gasteiger charge is 2.78. The number of rotatable bonds is 5. The Hall–Kier alpha value is 8.16. The largest absolute Gasteiger partial charge is 0.155 e. The van der Waals surface area contributed by atoms with Crippen LogP contribution >= 0.6 is 271 Å². The van der Waals surface area contributed by atoms with E-state index in [1.165, 1.54) is 0 Å². The number of hydrogen-bond acceptors (Lipinski definition) is 0. The van der Waals surface area contributed by atoms with Crippen LogP contribution in [0.2, 0.25) is 0 Å². The summed E-state index contributed by atoms with van der Waals surface area (Å²) in [7, 11) is 0. The van der Waals surface area contributed by atoms with Crippen molar-refractivity contribution >= 4 is 271 Å². The highest BCUT2D eigenvalue weighted by molar-refractivity contribution is 9.42. The highest BCUT2D eigenvalue weighted by Crippen LogP contribution is 2.78. The van der Waals surface area contributed by atoms with E-state index >= 15 is 0 Å². The molecule has 0 bridgehead atoms. The van der Waals surface area contributed by atoms with Gasteiger partial charge in [-0.3, -0.25) is 0 Å². The molecule has 0 atom stereocenters. The first kappa shape index (κ1) is 33.2. The van der Waals surface area contributed by atoms with Crippen molar-refractivity contribution in [2.75, 3.05) is 0 Å². The van der Waals surface area contributed by atoms with Crippen molar-refractivity contribution in [1.82, 2.24) is 0 Å².